The molecule has 0 bridgehead atoms. The molecular formula is C24H25F4N3O2S. The molecule has 0 aromatic heterocycles. The molecule has 7 unspecified atom stereocenters. The van der Waals surface area contributed by atoms with Crippen molar-refractivity contribution in [2.24, 2.45) is 5.92 Å². The number of carbonyl (C=O) groups excluding carboxylic acids is 1. The molecule has 34 heavy (non-hydrogen) atoms. The lowest BCUT2D eigenvalue weighted by molar-refractivity contribution is -0.124. The third kappa shape index (κ3) is 4.50. The third-order valence-electron chi connectivity index (χ3n) is 6.89. The summed E-state index contributed by atoms with van der Waals surface area (Å²) in [5, 5.41) is 8.81. The zero-order chi connectivity index (χ0) is 24.0. The van der Waals surface area contributed by atoms with E-state index >= 15 is 0 Å². The number of amides is 1. The molecule has 2 aromatic rings. The van der Waals surface area contributed by atoms with Gasteiger partial charge in [-0.25, -0.2) is 8.78 Å². The van der Waals surface area contributed by atoms with Gasteiger partial charge in [0.05, 0.1) is 11.4 Å². The maximum atomic E-state index is 13.7. The van der Waals surface area contributed by atoms with Crippen LogP contribution < -0.4 is 20.7 Å². The van der Waals surface area contributed by atoms with Crippen LogP contribution in [0.1, 0.15) is 35.2 Å². The number of fused-ring (bicyclic) bond motifs is 3. The number of piperidine rings is 1. The molecule has 2 aromatic carbocycles. The van der Waals surface area contributed by atoms with Crippen LogP contribution in [0.3, 0.4) is 0 Å². The molecule has 7 atom stereocenters. The summed E-state index contributed by atoms with van der Waals surface area (Å²) in [6.07, 6.45) is -2.75. The first-order valence-electron chi connectivity index (χ1n) is 11.2. The molecule has 3 aliphatic rings. The molecule has 3 saturated heterocycles. The third-order valence-corrected chi connectivity index (χ3v) is 8.43. The highest BCUT2D eigenvalue weighted by Gasteiger charge is 2.56. The lowest BCUT2D eigenvalue weighted by Gasteiger charge is -2.43. The van der Waals surface area contributed by atoms with Crippen molar-refractivity contribution in [1.29, 1.82) is 0 Å². The molecule has 3 heterocycles. The fraction of sp³-hybridized carbons (Fsp3) is 0.458. The number of benzene rings is 2. The van der Waals surface area contributed by atoms with Crippen molar-refractivity contribution in [1.82, 2.24) is 16.0 Å². The number of nitrogens with one attached hydrogen (secondary N) is 3. The summed E-state index contributed by atoms with van der Waals surface area (Å²) in [6, 6.07) is 12.9. The van der Waals surface area contributed by atoms with E-state index in [1.165, 1.54) is 23.9 Å². The smallest absolute Gasteiger partial charge is 0.387 e. The fourth-order valence-corrected chi connectivity index (χ4v) is 7.03. The Morgan fingerprint density at radius 3 is 2.29 bits per heavy atom. The molecule has 1 amide bonds. The predicted molar refractivity (Wildman–Crippen MR) is 121 cm³/mol. The molecule has 3 fully saturated rings. The second-order valence-corrected chi connectivity index (χ2v) is 10.3. The van der Waals surface area contributed by atoms with Crippen LogP contribution in [0.5, 0.6) is 5.75 Å². The zero-order valence-corrected chi connectivity index (χ0v) is 19.1. The molecule has 0 spiro atoms. The summed E-state index contributed by atoms with van der Waals surface area (Å²) in [7, 11) is 0. The predicted octanol–water partition coefficient (Wildman–Crippen LogP) is 4.15. The summed E-state index contributed by atoms with van der Waals surface area (Å²) < 4.78 is 56.8. The Balaban J connectivity index is 1.42. The Hall–Kier alpha value is -2.30. The van der Waals surface area contributed by atoms with E-state index in [0.717, 1.165) is 11.1 Å². The maximum Gasteiger partial charge on any atom is 0.387 e. The van der Waals surface area contributed by atoms with Crippen molar-refractivity contribution in [2.75, 3.05) is 0 Å². The van der Waals surface area contributed by atoms with Crippen LogP contribution in [0.15, 0.2) is 48.5 Å². The van der Waals surface area contributed by atoms with Crippen LogP contribution in [-0.4, -0.2) is 41.7 Å². The Morgan fingerprint density at radius 2 is 1.65 bits per heavy atom. The van der Waals surface area contributed by atoms with Crippen LogP contribution in [0.25, 0.3) is 0 Å². The first-order chi connectivity index (χ1) is 16.3. The lowest BCUT2D eigenvalue weighted by Crippen LogP contribution is -2.61. The molecule has 10 heteroatoms. The fourth-order valence-electron chi connectivity index (χ4n) is 5.30. The molecule has 0 aliphatic carbocycles. The van der Waals surface area contributed by atoms with E-state index in [4.69, 9.17) is 0 Å². The highest BCUT2D eigenvalue weighted by Crippen LogP contribution is 2.51. The number of hydrogen-bond donors (Lipinski definition) is 3. The largest absolute Gasteiger partial charge is 0.435 e. The Bertz CT molecular complexity index is 1020. The average molecular weight is 496 g/mol. The Kier molecular flexibility index (Phi) is 6.47. The zero-order valence-electron chi connectivity index (χ0n) is 18.3. The van der Waals surface area contributed by atoms with Crippen molar-refractivity contribution in [2.45, 2.75) is 61.2 Å². The molecule has 0 saturated carbocycles. The van der Waals surface area contributed by atoms with Gasteiger partial charge in [0.1, 0.15) is 17.2 Å². The number of ether oxygens (including phenoxy) is 1. The van der Waals surface area contributed by atoms with E-state index in [1.54, 1.807) is 12.1 Å². The molecule has 5 rings (SSSR count). The van der Waals surface area contributed by atoms with E-state index in [2.05, 4.69) is 20.7 Å². The molecule has 0 radical (unpaired) electrons. The number of carbonyl (C=O) groups is 1. The summed E-state index contributed by atoms with van der Waals surface area (Å²) in [5.41, 5.74) is 2.78. The van der Waals surface area contributed by atoms with E-state index in [1.807, 2.05) is 31.2 Å². The number of aryl methyl sites for hydroxylation is 1. The second kappa shape index (κ2) is 9.39. The summed E-state index contributed by atoms with van der Waals surface area (Å²) in [4.78, 5) is 13.0. The molecule has 5 nitrogen and oxygen atoms in total. The highest BCUT2D eigenvalue weighted by atomic mass is 32.2. The summed E-state index contributed by atoms with van der Waals surface area (Å²) in [5.74, 6) is -0.361. The van der Waals surface area contributed by atoms with Gasteiger partial charge in [0, 0.05) is 12.0 Å². The average Bonchev–Trinajstić information content (AvgIpc) is 3.18. The van der Waals surface area contributed by atoms with Crippen molar-refractivity contribution in [3.05, 3.63) is 65.2 Å². The maximum absolute atomic E-state index is 13.7. The van der Waals surface area contributed by atoms with Gasteiger partial charge in [-0.3, -0.25) is 15.4 Å². The van der Waals surface area contributed by atoms with E-state index in [0.29, 0.717) is 5.56 Å². The number of halogens is 4. The second-order valence-electron chi connectivity index (χ2n) is 9.00. The lowest BCUT2D eigenvalue weighted by atomic mass is 9.73. The van der Waals surface area contributed by atoms with Crippen molar-refractivity contribution in [3.8, 4) is 5.75 Å². The summed E-state index contributed by atoms with van der Waals surface area (Å²) in [6.45, 7) is -0.936. The number of hydrogen-bond acceptors (Lipinski definition) is 5. The van der Waals surface area contributed by atoms with Gasteiger partial charge in [-0.1, -0.05) is 42.0 Å². The minimum atomic E-state index is -2.92. The standard InChI is InChI=1S/C24H25F4N3O2S/c1-11-2-4-12(5-3-11)15-10-16(20(25)26)29-23-17(15)18-19(34-23)22(32)31-21(30-18)13-6-8-14(9-7-13)33-24(27)28/h2-9,15-21,23-24,29-30H,10H2,1H3,(H,31,32). The van der Waals surface area contributed by atoms with Gasteiger partial charge in [0.25, 0.3) is 6.43 Å². The van der Waals surface area contributed by atoms with Gasteiger partial charge in [-0.15, -0.1) is 11.8 Å². The van der Waals surface area contributed by atoms with Crippen molar-refractivity contribution >= 4 is 17.7 Å². The first-order valence-corrected chi connectivity index (χ1v) is 12.1. The summed E-state index contributed by atoms with van der Waals surface area (Å²) >= 11 is 1.39. The monoisotopic (exact) mass is 495 g/mol. The molecule has 3 aliphatic heterocycles. The molecule has 182 valence electrons. The van der Waals surface area contributed by atoms with Gasteiger partial charge in [0.15, 0.2) is 0 Å². The van der Waals surface area contributed by atoms with Gasteiger partial charge in [-0.05, 0) is 42.5 Å². The number of alkyl halides is 4. The van der Waals surface area contributed by atoms with Gasteiger partial charge in [0.2, 0.25) is 5.91 Å². The minimum Gasteiger partial charge on any atom is -0.435 e. The minimum absolute atomic E-state index is 0.0317. The quantitative estimate of drug-likeness (QED) is 0.544. The van der Waals surface area contributed by atoms with Crippen LogP contribution in [0.4, 0.5) is 17.6 Å². The topological polar surface area (TPSA) is 62.4 Å². The first kappa shape index (κ1) is 23.4. The van der Waals surface area contributed by atoms with Crippen LogP contribution in [0, 0.1) is 12.8 Å². The van der Waals surface area contributed by atoms with Crippen molar-refractivity contribution < 1.29 is 27.1 Å². The van der Waals surface area contributed by atoms with E-state index in [-0.39, 0.29) is 41.3 Å². The van der Waals surface area contributed by atoms with Gasteiger partial charge < -0.3 is 10.1 Å². The number of rotatable bonds is 5. The molecular weight excluding hydrogens is 470 g/mol. The van der Waals surface area contributed by atoms with Crippen LogP contribution in [-0.2, 0) is 4.79 Å². The van der Waals surface area contributed by atoms with Crippen LogP contribution in [0.2, 0.25) is 0 Å². The SMILES string of the molecule is Cc1ccc(C2CC(C(F)F)NC3SC4C(=O)NC(c5ccc(OC(F)F)cc5)NC4C32)cc1. The van der Waals surface area contributed by atoms with Crippen molar-refractivity contribution in [3.63, 3.8) is 0 Å². The van der Waals surface area contributed by atoms with E-state index < -0.39 is 30.5 Å². The normalized spacial score (nSPS) is 32.9. The van der Waals surface area contributed by atoms with Gasteiger partial charge >= 0.3 is 6.61 Å². The van der Waals surface area contributed by atoms with E-state index in [9.17, 15) is 22.4 Å². The Labute approximate surface area is 199 Å². The highest BCUT2D eigenvalue weighted by molar-refractivity contribution is 8.01. The number of thioether (sulfide) groups is 1. The Morgan fingerprint density at radius 1 is 0.971 bits per heavy atom. The van der Waals surface area contributed by atoms with Gasteiger partial charge in [-0.2, -0.15) is 8.78 Å². The van der Waals surface area contributed by atoms with Crippen LogP contribution >= 0.6 is 11.8 Å². The molecule has 3 N–H and O–H groups in total.